The number of hydrogen-bond donors (Lipinski definition) is 0. The Morgan fingerprint density at radius 2 is 2.00 bits per heavy atom. The van der Waals surface area contributed by atoms with Gasteiger partial charge in [-0.05, 0) is 13.3 Å². The first-order valence-electron chi connectivity index (χ1n) is 5.35. The summed E-state index contributed by atoms with van der Waals surface area (Å²) < 4.78 is 52.9. The van der Waals surface area contributed by atoms with Crippen LogP contribution < -0.4 is 29.6 Å². The van der Waals surface area contributed by atoms with Crippen molar-refractivity contribution >= 4 is 26.8 Å². The number of ether oxygens (including phenoxy) is 1. The summed E-state index contributed by atoms with van der Waals surface area (Å²) in [5, 5.41) is 0. The van der Waals surface area contributed by atoms with Crippen molar-refractivity contribution in [3.8, 4) is 0 Å². The molecule has 0 aromatic rings. The third-order valence-electron chi connectivity index (χ3n) is 2.64. The van der Waals surface area contributed by atoms with E-state index >= 15 is 0 Å². The Hall–Kier alpha value is 0.290. The molecule has 1 atom stereocenters. The van der Waals surface area contributed by atoms with Gasteiger partial charge in [0.25, 0.3) is 10.1 Å². The van der Waals surface area contributed by atoms with Gasteiger partial charge in [-0.1, -0.05) is 22.9 Å². The van der Waals surface area contributed by atoms with Gasteiger partial charge >= 0.3 is 35.5 Å². The van der Waals surface area contributed by atoms with Crippen LogP contribution in [0, 0.1) is 5.41 Å². The molecule has 1 aliphatic rings. The molecular formula is C9H16NaO8S2-. The molecule has 1 saturated heterocycles. The minimum absolute atomic E-state index is 0. The van der Waals surface area contributed by atoms with E-state index in [2.05, 4.69) is 0 Å². The molecule has 1 aliphatic heterocycles. The molecule has 1 heterocycles. The number of rotatable bonds is 7. The van der Waals surface area contributed by atoms with Crippen molar-refractivity contribution < 1.29 is 65.6 Å². The van der Waals surface area contributed by atoms with Crippen LogP contribution in [-0.2, 0) is 43.0 Å². The molecule has 114 valence electrons. The number of esters is 1. The first kappa shape index (κ1) is 22.6. The van der Waals surface area contributed by atoms with Crippen LogP contribution in [0.4, 0.5) is 0 Å². The molecule has 1 N–H and O–H groups in total. The van der Waals surface area contributed by atoms with Gasteiger partial charge in [0.1, 0.15) is 0 Å². The van der Waals surface area contributed by atoms with Crippen LogP contribution in [0.2, 0.25) is 0 Å². The summed E-state index contributed by atoms with van der Waals surface area (Å²) in [4.78, 5) is 11.3. The zero-order chi connectivity index (χ0) is 13.8. The first-order chi connectivity index (χ1) is 8.25. The molecular weight excluding hydrogens is 323 g/mol. The molecule has 0 radical (unpaired) electrons. The van der Waals surface area contributed by atoms with Gasteiger partial charge in [-0.3, -0.25) is 8.98 Å². The number of cyclic esters (lactones) is 1. The zero-order valence-corrected chi connectivity index (χ0v) is 15.0. The molecule has 20 heavy (non-hydrogen) atoms. The van der Waals surface area contributed by atoms with E-state index in [1.165, 1.54) is 0 Å². The van der Waals surface area contributed by atoms with E-state index in [0.717, 1.165) is 0 Å². The van der Waals surface area contributed by atoms with Crippen LogP contribution in [0.15, 0.2) is 0 Å². The van der Waals surface area contributed by atoms with Crippen LogP contribution in [0.3, 0.4) is 0 Å². The second kappa shape index (κ2) is 9.34. The predicted molar refractivity (Wildman–Crippen MR) is 63.6 cm³/mol. The van der Waals surface area contributed by atoms with Crippen molar-refractivity contribution in [3.05, 3.63) is 0 Å². The molecule has 0 bridgehead atoms. The summed E-state index contributed by atoms with van der Waals surface area (Å²) in [6.07, 6.45) is 0.380. The quantitative estimate of drug-likeness (QED) is 0.205. The maximum atomic E-state index is 11.4. The SMILES string of the molecule is CC1(COS(=O)(=O)CCC[S-](=O)=O)CCOC1=O.[Na+].[OH-]. The number of carbonyl (C=O) groups excluding carboxylic acids is 1. The molecule has 0 spiro atoms. The first-order valence-corrected chi connectivity index (χ1v) is 8.17. The standard InChI is InChI=1S/C9H15O7S2.Na.H2O/c1-9(3-4-15-8(9)10)7-16-18(13,14)6-2-5-17(11)12;;/h2-7H2,1H3;;1H2/q-1;+1;/p-1. The van der Waals surface area contributed by atoms with Crippen molar-refractivity contribution in [2.24, 2.45) is 5.41 Å². The van der Waals surface area contributed by atoms with E-state index in [-0.39, 0.29) is 66.2 Å². The van der Waals surface area contributed by atoms with Crippen LogP contribution >= 0.6 is 0 Å². The Labute approximate surface area is 141 Å². The average molecular weight is 339 g/mol. The molecule has 0 aromatic carbocycles. The van der Waals surface area contributed by atoms with Crippen LogP contribution in [0.5, 0.6) is 0 Å². The normalized spacial score (nSPS) is 22.0. The van der Waals surface area contributed by atoms with E-state index < -0.39 is 32.2 Å². The minimum atomic E-state index is -3.81. The van der Waals surface area contributed by atoms with E-state index in [9.17, 15) is 21.6 Å². The predicted octanol–water partition coefficient (Wildman–Crippen LogP) is -3.19. The van der Waals surface area contributed by atoms with Crippen LogP contribution in [-0.4, -0.2) is 44.6 Å². The van der Waals surface area contributed by atoms with Gasteiger partial charge in [-0.2, -0.15) is 8.42 Å². The summed E-state index contributed by atoms with van der Waals surface area (Å²) in [6, 6.07) is 0. The molecule has 8 nitrogen and oxygen atoms in total. The second-order valence-corrected chi connectivity index (χ2v) is 7.11. The van der Waals surface area contributed by atoms with E-state index in [0.29, 0.717) is 6.42 Å². The van der Waals surface area contributed by atoms with Gasteiger partial charge in [0.2, 0.25) is 0 Å². The van der Waals surface area contributed by atoms with Crippen molar-refractivity contribution in [3.63, 3.8) is 0 Å². The van der Waals surface area contributed by atoms with Crippen LogP contribution in [0.1, 0.15) is 19.8 Å². The third kappa shape index (κ3) is 7.34. The molecule has 1 fully saturated rings. The summed E-state index contributed by atoms with van der Waals surface area (Å²) >= 11 is 0. The minimum Gasteiger partial charge on any atom is -0.870 e. The Balaban J connectivity index is 0. The molecule has 0 aromatic heterocycles. The van der Waals surface area contributed by atoms with Crippen molar-refractivity contribution in [2.45, 2.75) is 19.8 Å². The fraction of sp³-hybridized carbons (Fsp3) is 0.889. The molecule has 11 heteroatoms. The smallest absolute Gasteiger partial charge is 0.870 e. The summed E-state index contributed by atoms with van der Waals surface area (Å²) in [5.74, 6) is -1.09. The van der Waals surface area contributed by atoms with Crippen LogP contribution in [0.25, 0.3) is 0 Å². The number of hydrogen-bond acceptors (Lipinski definition) is 9. The summed E-state index contributed by atoms with van der Waals surface area (Å²) in [6.45, 7) is 1.56. The molecule has 0 saturated carbocycles. The van der Waals surface area contributed by atoms with Gasteiger partial charge in [-0.25, -0.2) is 0 Å². The van der Waals surface area contributed by atoms with Crippen molar-refractivity contribution in [2.75, 3.05) is 24.7 Å². The van der Waals surface area contributed by atoms with Crippen molar-refractivity contribution in [1.82, 2.24) is 0 Å². The Morgan fingerprint density at radius 1 is 1.40 bits per heavy atom. The van der Waals surface area contributed by atoms with Gasteiger partial charge < -0.3 is 18.6 Å². The maximum absolute atomic E-state index is 11.4. The maximum Gasteiger partial charge on any atom is 1.00 e. The van der Waals surface area contributed by atoms with E-state index in [1.807, 2.05) is 0 Å². The fourth-order valence-corrected chi connectivity index (χ4v) is 3.03. The largest absolute Gasteiger partial charge is 1.00 e. The third-order valence-corrected chi connectivity index (χ3v) is 4.53. The zero-order valence-electron chi connectivity index (χ0n) is 11.4. The average Bonchev–Trinajstić information content (AvgIpc) is 2.57. The second-order valence-electron chi connectivity index (χ2n) is 4.33. The molecule has 0 aliphatic carbocycles. The van der Waals surface area contributed by atoms with Gasteiger partial charge in [-0.15, -0.1) is 0 Å². The monoisotopic (exact) mass is 339 g/mol. The Kier molecular flexibility index (Phi) is 10.5. The van der Waals surface area contributed by atoms with Gasteiger partial charge in [0.05, 0.1) is 24.4 Å². The topological polar surface area (TPSA) is 134 Å². The molecule has 0 amide bonds. The van der Waals surface area contributed by atoms with E-state index in [1.54, 1.807) is 6.92 Å². The van der Waals surface area contributed by atoms with Gasteiger partial charge in [0.15, 0.2) is 0 Å². The summed E-state index contributed by atoms with van der Waals surface area (Å²) in [7, 11) is -6.07. The van der Waals surface area contributed by atoms with Crippen molar-refractivity contribution in [1.29, 1.82) is 0 Å². The molecule has 1 rings (SSSR count). The Bertz CT molecular complexity index is 478. The fourth-order valence-electron chi connectivity index (χ4n) is 1.41. The summed E-state index contributed by atoms with van der Waals surface area (Å²) in [5.41, 5.74) is -0.936. The molecule has 1 unspecified atom stereocenters. The van der Waals surface area contributed by atoms with Gasteiger partial charge in [0, 0.05) is 0 Å². The Morgan fingerprint density at radius 3 is 2.45 bits per heavy atom. The number of carbonyl (C=O) groups is 1. The van der Waals surface area contributed by atoms with E-state index in [4.69, 9.17) is 8.92 Å².